The van der Waals surface area contributed by atoms with Crippen molar-refractivity contribution in [3.8, 4) is 16.5 Å². The minimum Gasteiger partial charge on any atom is -0.298 e. The second-order valence-electron chi connectivity index (χ2n) is 3.02. The molecule has 0 aliphatic heterocycles. The average molecular weight is 213 g/mol. The van der Waals surface area contributed by atoms with Crippen LogP contribution in [-0.4, -0.2) is 6.29 Å². The molecule has 0 unspecified atom stereocenters. The minimum absolute atomic E-state index is 0.636. The molecule has 0 atom stereocenters. The Morgan fingerprint density at radius 1 is 1.33 bits per heavy atom. The molecule has 72 valence electrons. The molecule has 0 saturated heterocycles. The van der Waals surface area contributed by atoms with E-state index in [2.05, 4.69) is 6.07 Å². The number of nitriles is 1. The second-order valence-corrected chi connectivity index (χ2v) is 3.93. The summed E-state index contributed by atoms with van der Waals surface area (Å²) in [5.41, 5.74) is 2.18. The van der Waals surface area contributed by atoms with Crippen molar-refractivity contribution in [3.63, 3.8) is 0 Å². The van der Waals surface area contributed by atoms with Crippen molar-refractivity contribution in [3.05, 3.63) is 46.8 Å². The van der Waals surface area contributed by atoms with E-state index in [1.807, 2.05) is 18.2 Å². The van der Waals surface area contributed by atoms with Gasteiger partial charge in [-0.15, -0.1) is 11.3 Å². The molecule has 0 saturated carbocycles. The van der Waals surface area contributed by atoms with E-state index in [0.717, 1.165) is 16.7 Å². The van der Waals surface area contributed by atoms with Crippen LogP contribution < -0.4 is 0 Å². The van der Waals surface area contributed by atoms with Crippen molar-refractivity contribution in [2.75, 3.05) is 0 Å². The van der Waals surface area contributed by atoms with E-state index in [1.165, 1.54) is 11.3 Å². The maximum Gasteiger partial charge on any atom is 0.150 e. The van der Waals surface area contributed by atoms with Crippen molar-refractivity contribution in [2.24, 2.45) is 0 Å². The predicted octanol–water partition coefficient (Wildman–Crippen LogP) is 3.10. The van der Waals surface area contributed by atoms with E-state index in [-0.39, 0.29) is 0 Å². The normalized spacial score (nSPS) is 9.53. The molecule has 0 bridgehead atoms. The lowest BCUT2D eigenvalue weighted by Gasteiger charge is -1.98. The largest absolute Gasteiger partial charge is 0.298 e. The Labute approximate surface area is 91.4 Å². The van der Waals surface area contributed by atoms with Crippen LogP contribution in [0.5, 0.6) is 0 Å². The van der Waals surface area contributed by atoms with Crippen LogP contribution in [0.4, 0.5) is 0 Å². The molecular weight excluding hydrogens is 206 g/mol. The van der Waals surface area contributed by atoms with Gasteiger partial charge in [0.05, 0.1) is 11.6 Å². The maximum atomic E-state index is 10.5. The first-order chi connectivity index (χ1) is 7.35. The predicted molar refractivity (Wildman–Crippen MR) is 59.9 cm³/mol. The lowest BCUT2D eigenvalue weighted by atomic mass is 10.1. The Hall–Kier alpha value is -1.92. The van der Waals surface area contributed by atoms with Crippen LogP contribution in [0.2, 0.25) is 0 Å². The summed E-state index contributed by atoms with van der Waals surface area (Å²) in [6.07, 6.45) is 0.814. The Kier molecular flexibility index (Phi) is 2.61. The first kappa shape index (κ1) is 9.63. The van der Waals surface area contributed by atoms with Crippen molar-refractivity contribution >= 4 is 17.6 Å². The fourth-order valence-corrected chi connectivity index (χ4v) is 2.25. The van der Waals surface area contributed by atoms with Crippen molar-refractivity contribution in [1.29, 1.82) is 5.26 Å². The number of thiophene rings is 1. The summed E-state index contributed by atoms with van der Waals surface area (Å²) >= 11 is 1.47. The molecule has 0 fully saturated rings. The summed E-state index contributed by atoms with van der Waals surface area (Å²) in [6, 6.07) is 11.3. The molecule has 2 rings (SSSR count). The van der Waals surface area contributed by atoms with Gasteiger partial charge in [0.15, 0.2) is 6.29 Å². The molecule has 0 radical (unpaired) electrons. The van der Waals surface area contributed by atoms with E-state index in [1.54, 1.807) is 17.5 Å². The van der Waals surface area contributed by atoms with Crippen LogP contribution in [0.1, 0.15) is 15.9 Å². The number of nitrogens with zero attached hydrogens (tertiary/aromatic N) is 1. The molecule has 15 heavy (non-hydrogen) atoms. The van der Waals surface area contributed by atoms with Gasteiger partial charge in [0.25, 0.3) is 0 Å². The number of carbonyl (C=O) groups excluding carboxylic acids is 1. The highest BCUT2D eigenvalue weighted by Gasteiger charge is 2.06. The first-order valence-corrected chi connectivity index (χ1v) is 5.26. The van der Waals surface area contributed by atoms with Gasteiger partial charge in [-0.1, -0.05) is 18.2 Å². The Morgan fingerprint density at radius 3 is 2.80 bits per heavy atom. The Morgan fingerprint density at radius 2 is 2.13 bits per heavy atom. The summed E-state index contributed by atoms with van der Waals surface area (Å²) in [6.45, 7) is 0. The smallest absolute Gasteiger partial charge is 0.150 e. The zero-order valence-corrected chi connectivity index (χ0v) is 8.62. The number of aldehydes is 1. The number of benzene rings is 1. The highest BCUT2D eigenvalue weighted by atomic mass is 32.1. The maximum absolute atomic E-state index is 10.5. The molecule has 2 aromatic rings. The summed E-state index contributed by atoms with van der Waals surface area (Å²) in [5.74, 6) is 0. The van der Waals surface area contributed by atoms with Gasteiger partial charge in [0, 0.05) is 21.4 Å². The van der Waals surface area contributed by atoms with E-state index in [0.29, 0.717) is 11.1 Å². The molecule has 1 aromatic heterocycles. The topological polar surface area (TPSA) is 40.9 Å². The minimum atomic E-state index is 0.636. The van der Waals surface area contributed by atoms with Crippen molar-refractivity contribution < 1.29 is 4.79 Å². The summed E-state index contributed by atoms with van der Waals surface area (Å²) in [5, 5.41) is 10.7. The first-order valence-electron chi connectivity index (χ1n) is 4.38. The molecule has 0 aliphatic carbocycles. The van der Waals surface area contributed by atoms with E-state index in [9.17, 15) is 4.79 Å². The van der Waals surface area contributed by atoms with Gasteiger partial charge in [-0.05, 0) is 12.1 Å². The highest BCUT2D eigenvalue weighted by molar-refractivity contribution is 7.13. The third kappa shape index (κ3) is 1.80. The number of hydrogen-bond donors (Lipinski definition) is 0. The van der Waals surface area contributed by atoms with Gasteiger partial charge in [-0.3, -0.25) is 4.79 Å². The van der Waals surface area contributed by atoms with Crippen LogP contribution in [-0.2, 0) is 0 Å². The monoisotopic (exact) mass is 213 g/mol. The lowest BCUT2D eigenvalue weighted by Crippen LogP contribution is -1.79. The van der Waals surface area contributed by atoms with E-state index < -0.39 is 0 Å². The third-order valence-electron chi connectivity index (χ3n) is 2.07. The molecule has 1 heterocycles. The quantitative estimate of drug-likeness (QED) is 0.719. The average Bonchev–Trinajstić information content (AvgIpc) is 2.77. The number of rotatable bonds is 2. The van der Waals surface area contributed by atoms with Gasteiger partial charge in [0.2, 0.25) is 0 Å². The van der Waals surface area contributed by atoms with Gasteiger partial charge >= 0.3 is 0 Å². The van der Waals surface area contributed by atoms with E-state index in [4.69, 9.17) is 5.26 Å². The van der Waals surface area contributed by atoms with E-state index >= 15 is 0 Å². The Bertz CT molecular complexity index is 537. The van der Waals surface area contributed by atoms with Gasteiger partial charge in [-0.25, -0.2) is 0 Å². The van der Waals surface area contributed by atoms with Gasteiger partial charge in [0.1, 0.15) is 0 Å². The molecule has 0 N–H and O–H groups in total. The standard InChI is InChI=1S/C12H7NOS/c13-6-10-3-1-2-4-11(10)12-5-9(7-14)8-15-12/h1-5,7-8H. The molecule has 0 aliphatic rings. The third-order valence-corrected chi connectivity index (χ3v) is 3.05. The molecule has 2 nitrogen and oxygen atoms in total. The molecule has 0 amide bonds. The molecular formula is C12H7NOS. The fourth-order valence-electron chi connectivity index (χ4n) is 1.35. The molecule has 3 heteroatoms. The number of hydrogen-bond acceptors (Lipinski definition) is 3. The van der Waals surface area contributed by atoms with Crippen LogP contribution in [0.3, 0.4) is 0 Å². The van der Waals surface area contributed by atoms with Crippen LogP contribution in [0.25, 0.3) is 10.4 Å². The van der Waals surface area contributed by atoms with Crippen molar-refractivity contribution in [1.82, 2.24) is 0 Å². The van der Waals surface area contributed by atoms with Crippen molar-refractivity contribution in [2.45, 2.75) is 0 Å². The lowest BCUT2D eigenvalue weighted by molar-refractivity contribution is 0.112. The van der Waals surface area contributed by atoms with Gasteiger partial charge < -0.3 is 0 Å². The molecule has 0 spiro atoms. The Balaban J connectivity index is 2.54. The summed E-state index contributed by atoms with van der Waals surface area (Å²) < 4.78 is 0. The zero-order valence-electron chi connectivity index (χ0n) is 7.81. The fraction of sp³-hybridized carbons (Fsp3) is 0. The second kappa shape index (κ2) is 4.07. The summed E-state index contributed by atoms with van der Waals surface area (Å²) in [7, 11) is 0. The van der Waals surface area contributed by atoms with Crippen LogP contribution in [0.15, 0.2) is 35.7 Å². The SMILES string of the molecule is N#Cc1ccccc1-c1cc(C=O)cs1. The zero-order chi connectivity index (χ0) is 10.7. The van der Waals surface area contributed by atoms with Gasteiger partial charge in [-0.2, -0.15) is 5.26 Å². The number of carbonyl (C=O) groups is 1. The highest BCUT2D eigenvalue weighted by Crippen LogP contribution is 2.29. The molecule has 1 aromatic carbocycles. The van der Waals surface area contributed by atoms with Crippen LogP contribution in [0, 0.1) is 11.3 Å². The van der Waals surface area contributed by atoms with Crippen LogP contribution >= 0.6 is 11.3 Å². The summed E-state index contributed by atoms with van der Waals surface area (Å²) in [4.78, 5) is 11.5.